The van der Waals surface area contributed by atoms with Crippen molar-refractivity contribution in [3.8, 4) is 0 Å². The average Bonchev–Trinajstić information content (AvgIpc) is 2.31. The summed E-state index contributed by atoms with van der Waals surface area (Å²) in [5, 5.41) is 8.86. The lowest BCUT2D eigenvalue weighted by Gasteiger charge is -2.15. The Hall–Kier alpha value is -1.42. The third-order valence-electron chi connectivity index (χ3n) is 2.67. The summed E-state index contributed by atoms with van der Waals surface area (Å²) < 4.78 is 1.92. The number of carboxylic acids is 1. The van der Waals surface area contributed by atoms with Crippen LogP contribution in [0.1, 0.15) is 24.2 Å². The number of rotatable bonds is 6. The van der Waals surface area contributed by atoms with E-state index in [0.29, 0.717) is 5.56 Å². The Kier molecular flexibility index (Phi) is 4.92. The van der Waals surface area contributed by atoms with E-state index in [0.717, 1.165) is 26.2 Å². The van der Waals surface area contributed by atoms with Crippen LogP contribution in [0, 0.1) is 0 Å². The molecule has 0 bridgehead atoms. The first-order valence-electron chi connectivity index (χ1n) is 5.62. The molecule has 0 aliphatic carbocycles. The number of pyridine rings is 1. The number of hydrogen-bond acceptors (Lipinski definition) is 2. The fourth-order valence-electron chi connectivity index (χ4n) is 1.58. The van der Waals surface area contributed by atoms with Gasteiger partial charge >= 0.3 is 5.97 Å². The lowest BCUT2D eigenvalue weighted by molar-refractivity contribution is -0.696. The van der Waals surface area contributed by atoms with Crippen LogP contribution in [0.25, 0.3) is 0 Å². The van der Waals surface area contributed by atoms with Crippen LogP contribution in [-0.2, 0) is 6.54 Å². The number of carbonyl (C=O) groups is 1. The van der Waals surface area contributed by atoms with Gasteiger partial charge in [0, 0.05) is 6.07 Å². The highest BCUT2D eigenvalue weighted by Gasteiger charge is 2.09. The number of carboxylic acid groups (broad SMARTS) is 1. The van der Waals surface area contributed by atoms with Crippen molar-refractivity contribution in [2.45, 2.75) is 20.4 Å². The Balaban J connectivity index is 2.60. The maximum absolute atomic E-state index is 10.8. The van der Waals surface area contributed by atoms with Crippen LogP contribution in [0.15, 0.2) is 24.5 Å². The Morgan fingerprint density at radius 3 is 2.69 bits per heavy atom. The van der Waals surface area contributed by atoms with Crippen molar-refractivity contribution in [2.24, 2.45) is 0 Å². The van der Waals surface area contributed by atoms with Crippen LogP contribution in [-0.4, -0.2) is 35.6 Å². The second-order valence-corrected chi connectivity index (χ2v) is 3.66. The normalized spacial score (nSPS) is 10.7. The molecule has 0 aliphatic heterocycles. The molecular weight excluding hydrogens is 204 g/mol. The molecule has 0 spiro atoms. The quantitative estimate of drug-likeness (QED) is 0.732. The molecule has 0 fully saturated rings. The van der Waals surface area contributed by atoms with Crippen molar-refractivity contribution >= 4 is 5.97 Å². The summed E-state index contributed by atoms with van der Waals surface area (Å²) in [6.07, 6.45) is 3.57. The minimum absolute atomic E-state index is 0.335. The summed E-state index contributed by atoms with van der Waals surface area (Å²) in [5.41, 5.74) is 0.335. The number of likely N-dealkylation sites (N-methyl/N-ethyl adjacent to an activating group) is 1. The molecule has 4 nitrogen and oxygen atoms in total. The van der Waals surface area contributed by atoms with E-state index in [1.165, 1.54) is 0 Å². The summed E-state index contributed by atoms with van der Waals surface area (Å²) in [6, 6.07) is 3.38. The maximum atomic E-state index is 10.8. The molecule has 0 saturated heterocycles. The molecule has 1 N–H and O–H groups in total. The fraction of sp³-hybridized carbons (Fsp3) is 0.500. The molecule has 4 heteroatoms. The highest BCUT2D eigenvalue weighted by molar-refractivity contribution is 5.86. The highest BCUT2D eigenvalue weighted by atomic mass is 16.4. The van der Waals surface area contributed by atoms with Gasteiger partial charge in [-0.05, 0) is 19.2 Å². The molecule has 1 aromatic rings. The molecule has 0 aliphatic rings. The topological polar surface area (TPSA) is 44.4 Å². The van der Waals surface area contributed by atoms with E-state index in [-0.39, 0.29) is 0 Å². The van der Waals surface area contributed by atoms with Gasteiger partial charge in [0.1, 0.15) is 5.56 Å². The van der Waals surface area contributed by atoms with Gasteiger partial charge in [-0.3, -0.25) is 4.90 Å². The zero-order valence-electron chi connectivity index (χ0n) is 9.89. The van der Waals surface area contributed by atoms with Gasteiger partial charge in [-0.2, -0.15) is 0 Å². The predicted molar refractivity (Wildman–Crippen MR) is 61.4 cm³/mol. The molecule has 1 rings (SSSR count). The number of hydrogen-bond donors (Lipinski definition) is 1. The Morgan fingerprint density at radius 2 is 2.12 bits per heavy atom. The van der Waals surface area contributed by atoms with Crippen molar-refractivity contribution in [3.63, 3.8) is 0 Å². The van der Waals surface area contributed by atoms with Gasteiger partial charge in [-0.15, -0.1) is 0 Å². The summed E-state index contributed by atoms with van der Waals surface area (Å²) >= 11 is 0. The van der Waals surface area contributed by atoms with Gasteiger partial charge in [0.2, 0.25) is 0 Å². The van der Waals surface area contributed by atoms with Crippen molar-refractivity contribution < 1.29 is 14.5 Å². The van der Waals surface area contributed by atoms with E-state index < -0.39 is 5.97 Å². The number of aromatic nitrogens is 1. The Bertz CT molecular complexity index is 349. The first-order chi connectivity index (χ1) is 7.67. The zero-order valence-corrected chi connectivity index (χ0v) is 9.89. The molecular formula is C12H19N2O2+. The first-order valence-corrected chi connectivity index (χ1v) is 5.62. The molecule has 0 saturated carbocycles. The fourth-order valence-corrected chi connectivity index (χ4v) is 1.58. The van der Waals surface area contributed by atoms with Crippen LogP contribution in [0.3, 0.4) is 0 Å². The molecule has 1 heterocycles. The van der Waals surface area contributed by atoms with E-state index in [2.05, 4.69) is 18.7 Å². The van der Waals surface area contributed by atoms with Gasteiger partial charge < -0.3 is 5.11 Å². The van der Waals surface area contributed by atoms with Crippen LogP contribution in [0.5, 0.6) is 0 Å². The van der Waals surface area contributed by atoms with E-state index in [1.807, 2.05) is 10.8 Å². The molecule has 1 aromatic heterocycles. The van der Waals surface area contributed by atoms with E-state index in [4.69, 9.17) is 5.11 Å². The minimum Gasteiger partial charge on any atom is -0.477 e. The molecule has 0 unspecified atom stereocenters. The second kappa shape index (κ2) is 6.23. The molecule has 0 aromatic carbocycles. The minimum atomic E-state index is -0.878. The molecule has 88 valence electrons. The SMILES string of the molecule is CCN(CC)CC[n+]1cccc(C(=O)O)c1. The van der Waals surface area contributed by atoms with Gasteiger partial charge in [-0.25, -0.2) is 9.36 Å². The van der Waals surface area contributed by atoms with E-state index in [1.54, 1.807) is 18.3 Å². The standard InChI is InChI=1S/C12H18N2O2/c1-3-13(4-2)8-9-14-7-5-6-11(10-14)12(15)16/h5-7,10H,3-4,8-9H2,1-2H3/p+1. The molecule has 0 atom stereocenters. The van der Waals surface area contributed by atoms with Gasteiger partial charge in [0.15, 0.2) is 18.9 Å². The van der Waals surface area contributed by atoms with Crippen molar-refractivity contribution in [1.82, 2.24) is 4.90 Å². The lowest BCUT2D eigenvalue weighted by atomic mass is 10.3. The van der Waals surface area contributed by atoms with Crippen molar-refractivity contribution in [3.05, 3.63) is 30.1 Å². The highest BCUT2D eigenvalue weighted by Crippen LogP contribution is 1.94. The third-order valence-corrected chi connectivity index (χ3v) is 2.67. The van der Waals surface area contributed by atoms with Crippen LogP contribution < -0.4 is 4.57 Å². The van der Waals surface area contributed by atoms with Gasteiger partial charge in [-0.1, -0.05) is 13.8 Å². The molecule has 16 heavy (non-hydrogen) atoms. The average molecular weight is 223 g/mol. The van der Waals surface area contributed by atoms with Crippen LogP contribution in [0.4, 0.5) is 0 Å². The largest absolute Gasteiger partial charge is 0.477 e. The second-order valence-electron chi connectivity index (χ2n) is 3.66. The van der Waals surface area contributed by atoms with Crippen LogP contribution >= 0.6 is 0 Å². The number of nitrogens with zero attached hydrogens (tertiary/aromatic N) is 2. The predicted octanol–water partition coefficient (Wildman–Crippen LogP) is 1.01. The van der Waals surface area contributed by atoms with Gasteiger partial charge in [0.05, 0.1) is 6.54 Å². The lowest BCUT2D eigenvalue weighted by Crippen LogP contribution is -2.40. The molecule has 0 radical (unpaired) electrons. The van der Waals surface area contributed by atoms with E-state index >= 15 is 0 Å². The van der Waals surface area contributed by atoms with Crippen molar-refractivity contribution in [2.75, 3.05) is 19.6 Å². The van der Waals surface area contributed by atoms with E-state index in [9.17, 15) is 4.79 Å². The van der Waals surface area contributed by atoms with Gasteiger partial charge in [0.25, 0.3) is 0 Å². The molecule has 0 amide bonds. The summed E-state index contributed by atoms with van der Waals surface area (Å²) in [4.78, 5) is 13.1. The summed E-state index contributed by atoms with van der Waals surface area (Å²) in [5.74, 6) is -0.878. The Labute approximate surface area is 96.1 Å². The maximum Gasteiger partial charge on any atom is 0.341 e. The third kappa shape index (κ3) is 3.62. The summed E-state index contributed by atoms with van der Waals surface area (Å²) in [7, 11) is 0. The monoisotopic (exact) mass is 223 g/mol. The number of aromatic carboxylic acids is 1. The summed E-state index contributed by atoms with van der Waals surface area (Å²) in [6.45, 7) is 8.07. The van der Waals surface area contributed by atoms with Crippen molar-refractivity contribution in [1.29, 1.82) is 0 Å². The zero-order chi connectivity index (χ0) is 12.0. The first kappa shape index (κ1) is 12.6. The smallest absolute Gasteiger partial charge is 0.341 e. The van der Waals surface area contributed by atoms with Crippen LogP contribution in [0.2, 0.25) is 0 Å². The Morgan fingerprint density at radius 1 is 1.44 bits per heavy atom.